The lowest BCUT2D eigenvalue weighted by molar-refractivity contribution is -0.662. The Balaban J connectivity index is 0.00000306. The van der Waals surface area contributed by atoms with E-state index >= 15 is 0 Å². The maximum atomic E-state index is 9.38. The first-order valence-corrected chi connectivity index (χ1v) is 12.1. The summed E-state index contributed by atoms with van der Waals surface area (Å²) in [5.74, 6) is 1.42. The summed E-state index contributed by atoms with van der Waals surface area (Å²) in [5, 5.41) is 12.8. The SMILES string of the molecule is C=C1CC[C@@H]2C(C)(C)CCC[C@@]2(C)[C@@H]1CC/C(C)=C/C[n+]1cn(C)c2nc[nH]/c(=N\O)c21.[Cl-]. The van der Waals surface area contributed by atoms with Crippen molar-refractivity contribution >= 4 is 11.2 Å². The summed E-state index contributed by atoms with van der Waals surface area (Å²) < 4.78 is 4.04. The van der Waals surface area contributed by atoms with Gasteiger partial charge in [0.1, 0.15) is 6.54 Å². The third kappa shape index (κ3) is 4.64. The molecule has 2 fully saturated rings. The molecule has 33 heavy (non-hydrogen) atoms. The van der Waals surface area contributed by atoms with Gasteiger partial charge in [-0.25, -0.2) is 9.13 Å². The van der Waals surface area contributed by atoms with Gasteiger partial charge in [0.15, 0.2) is 0 Å². The maximum Gasteiger partial charge on any atom is 0.273 e. The van der Waals surface area contributed by atoms with Gasteiger partial charge >= 0.3 is 0 Å². The zero-order valence-corrected chi connectivity index (χ0v) is 21.6. The minimum absolute atomic E-state index is 0. The van der Waals surface area contributed by atoms with Crippen molar-refractivity contribution in [2.24, 2.45) is 34.9 Å². The standard InChI is InChI=1S/C26H39N5O.ClH/c1-18(12-15-31-17-30(6)24-22(31)23(29-32)27-16-28-24)8-10-20-19(2)9-11-21-25(3,4)13-7-14-26(20,21)5;/h12,16-17,20-21H,2,7-11,13-15H2,1,3-6H3,(H-,27,28,29,32);1H/b18-12+;/t20-,21-,26+;/m1./s1. The Kier molecular flexibility index (Phi) is 7.47. The molecule has 2 aromatic rings. The summed E-state index contributed by atoms with van der Waals surface area (Å²) in [6.07, 6.45) is 14.7. The van der Waals surface area contributed by atoms with Crippen LogP contribution in [-0.4, -0.2) is 19.7 Å². The van der Waals surface area contributed by atoms with Crippen molar-refractivity contribution in [1.82, 2.24) is 14.5 Å². The summed E-state index contributed by atoms with van der Waals surface area (Å²) in [7, 11) is 1.96. The maximum absolute atomic E-state index is 9.38. The molecule has 4 rings (SSSR count). The Hall–Kier alpha value is -2.08. The Morgan fingerprint density at radius 3 is 2.88 bits per heavy atom. The van der Waals surface area contributed by atoms with Crippen LogP contribution in [-0.2, 0) is 13.6 Å². The normalized spacial score (nSPS) is 28.0. The van der Waals surface area contributed by atoms with E-state index in [-0.39, 0.29) is 12.4 Å². The molecule has 0 spiro atoms. The van der Waals surface area contributed by atoms with E-state index in [1.165, 1.54) is 49.7 Å². The molecular formula is C26H40ClN5O. The second kappa shape index (κ2) is 9.65. The predicted octanol–water partition coefficient (Wildman–Crippen LogP) is 2.01. The van der Waals surface area contributed by atoms with Crippen LogP contribution in [0.25, 0.3) is 11.2 Å². The van der Waals surface area contributed by atoms with E-state index in [9.17, 15) is 5.21 Å². The van der Waals surface area contributed by atoms with Crippen LogP contribution in [0.3, 0.4) is 0 Å². The Morgan fingerprint density at radius 2 is 2.15 bits per heavy atom. The lowest BCUT2D eigenvalue weighted by atomic mass is 9.47. The van der Waals surface area contributed by atoms with E-state index in [1.54, 1.807) is 6.33 Å². The third-order valence-corrected chi connectivity index (χ3v) is 8.64. The summed E-state index contributed by atoms with van der Waals surface area (Å²) >= 11 is 0. The van der Waals surface area contributed by atoms with Crippen LogP contribution in [0, 0.1) is 22.7 Å². The summed E-state index contributed by atoms with van der Waals surface area (Å²) in [6, 6.07) is 0. The molecule has 2 heterocycles. The highest BCUT2D eigenvalue weighted by atomic mass is 35.5. The molecule has 6 nitrogen and oxygen atoms in total. The van der Waals surface area contributed by atoms with E-state index in [1.807, 2.05) is 17.9 Å². The van der Waals surface area contributed by atoms with Gasteiger partial charge in [0.2, 0.25) is 17.3 Å². The lowest BCUT2D eigenvalue weighted by Crippen LogP contribution is -3.00. The van der Waals surface area contributed by atoms with Crippen molar-refractivity contribution in [3.8, 4) is 0 Å². The highest BCUT2D eigenvalue weighted by molar-refractivity contribution is 5.64. The van der Waals surface area contributed by atoms with Crippen LogP contribution in [0.2, 0.25) is 0 Å². The Morgan fingerprint density at radius 1 is 1.39 bits per heavy atom. The van der Waals surface area contributed by atoms with E-state index in [4.69, 9.17) is 0 Å². The number of aromatic nitrogens is 4. The molecule has 2 aliphatic rings. The molecule has 0 bridgehead atoms. The number of allylic oxidation sites excluding steroid dienone is 3. The molecule has 3 atom stereocenters. The molecule has 2 aromatic heterocycles. The van der Waals surface area contributed by atoms with Crippen molar-refractivity contribution in [3.05, 3.63) is 41.9 Å². The van der Waals surface area contributed by atoms with Crippen molar-refractivity contribution in [3.63, 3.8) is 0 Å². The molecule has 0 amide bonds. The van der Waals surface area contributed by atoms with Crippen LogP contribution in [0.4, 0.5) is 0 Å². The highest BCUT2D eigenvalue weighted by Crippen LogP contribution is 2.61. The van der Waals surface area contributed by atoms with Crippen molar-refractivity contribution in [1.29, 1.82) is 0 Å². The van der Waals surface area contributed by atoms with Crippen molar-refractivity contribution in [2.45, 2.75) is 79.2 Å². The number of rotatable bonds is 5. The first-order chi connectivity index (χ1) is 15.2. The molecule has 7 heteroatoms. The van der Waals surface area contributed by atoms with E-state index in [2.05, 4.69) is 60.0 Å². The zero-order valence-electron chi connectivity index (χ0n) is 20.9. The molecule has 0 aliphatic heterocycles. The molecular weight excluding hydrogens is 434 g/mol. The topological polar surface area (TPSA) is 70.1 Å². The molecule has 0 radical (unpaired) electrons. The number of halogens is 1. The third-order valence-electron chi connectivity index (χ3n) is 8.64. The molecule has 0 unspecified atom stereocenters. The number of imidazole rings is 1. The molecule has 182 valence electrons. The zero-order chi connectivity index (χ0) is 23.1. The number of hydrogen-bond donors (Lipinski definition) is 2. The van der Waals surface area contributed by atoms with Crippen LogP contribution in [0.1, 0.15) is 72.6 Å². The number of aromatic amines is 1. The molecule has 2 saturated carbocycles. The first kappa shape index (κ1) is 25.5. The second-order valence-corrected chi connectivity index (χ2v) is 11.1. The fourth-order valence-electron chi connectivity index (χ4n) is 6.98. The molecule has 2 N–H and O–H groups in total. The van der Waals surface area contributed by atoms with Crippen molar-refractivity contribution in [2.75, 3.05) is 0 Å². The molecule has 2 aliphatic carbocycles. The van der Waals surface area contributed by atoms with Gasteiger partial charge in [0, 0.05) is 0 Å². The van der Waals surface area contributed by atoms with Gasteiger partial charge in [-0.1, -0.05) is 50.1 Å². The average molecular weight is 474 g/mol. The first-order valence-electron chi connectivity index (χ1n) is 12.1. The quantitative estimate of drug-likeness (QED) is 0.302. The van der Waals surface area contributed by atoms with Gasteiger partial charge in [-0.05, 0) is 74.2 Å². The fraction of sp³-hybridized carbons (Fsp3) is 0.654. The fourth-order valence-corrected chi connectivity index (χ4v) is 6.98. The van der Waals surface area contributed by atoms with Gasteiger partial charge in [-0.15, -0.1) is 0 Å². The van der Waals surface area contributed by atoms with Crippen LogP contribution >= 0.6 is 0 Å². The minimum atomic E-state index is 0. The van der Waals surface area contributed by atoms with Crippen LogP contribution < -0.4 is 22.5 Å². The smallest absolute Gasteiger partial charge is 0.273 e. The Labute approximate surface area is 203 Å². The predicted molar refractivity (Wildman–Crippen MR) is 127 cm³/mol. The van der Waals surface area contributed by atoms with Gasteiger partial charge in [0.05, 0.1) is 13.4 Å². The number of H-pyrrole nitrogens is 1. The summed E-state index contributed by atoms with van der Waals surface area (Å²) in [5.41, 5.74) is 5.75. The number of fused-ring (bicyclic) bond motifs is 2. The van der Waals surface area contributed by atoms with Crippen molar-refractivity contribution < 1.29 is 22.2 Å². The second-order valence-electron chi connectivity index (χ2n) is 11.1. The van der Waals surface area contributed by atoms with Crippen LogP contribution in [0.15, 0.2) is 41.6 Å². The van der Waals surface area contributed by atoms with Gasteiger partial charge < -0.3 is 22.6 Å². The minimum Gasteiger partial charge on any atom is -1.00 e. The lowest BCUT2D eigenvalue weighted by Gasteiger charge is -2.58. The highest BCUT2D eigenvalue weighted by Gasteiger charge is 2.52. The van der Waals surface area contributed by atoms with Gasteiger partial charge in [-0.2, -0.15) is 4.98 Å². The monoisotopic (exact) mass is 473 g/mol. The van der Waals surface area contributed by atoms with E-state index < -0.39 is 0 Å². The summed E-state index contributed by atoms with van der Waals surface area (Å²) in [4.78, 5) is 7.31. The van der Waals surface area contributed by atoms with Crippen LogP contribution in [0.5, 0.6) is 0 Å². The number of hydrogen-bond acceptors (Lipinski definition) is 3. The summed E-state index contributed by atoms with van der Waals surface area (Å²) in [6.45, 7) is 15.0. The van der Waals surface area contributed by atoms with Gasteiger partial charge in [-0.3, -0.25) is 0 Å². The van der Waals surface area contributed by atoms with Gasteiger partial charge in [0.25, 0.3) is 5.65 Å². The Bertz CT molecular complexity index is 1110. The number of aryl methyl sites for hydroxylation is 1. The van der Waals surface area contributed by atoms with E-state index in [0.717, 1.165) is 30.0 Å². The average Bonchev–Trinajstić information content (AvgIpc) is 3.07. The largest absolute Gasteiger partial charge is 1.00 e. The number of nitrogens with one attached hydrogen (secondary N) is 1. The van der Waals surface area contributed by atoms with E-state index in [0.29, 0.717) is 22.2 Å². The molecule has 0 saturated heterocycles. The number of nitrogens with zero attached hydrogens (tertiary/aromatic N) is 4. The molecule has 0 aromatic carbocycles.